The highest BCUT2D eigenvalue weighted by atomic mass is 16.5. The Kier molecular flexibility index (Phi) is 5.42. The Morgan fingerprint density at radius 2 is 1.89 bits per heavy atom. The Morgan fingerprint density at radius 1 is 1.17 bits per heavy atom. The second-order valence-electron chi connectivity index (χ2n) is 5.90. The van der Waals surface area contributed by atoms with E-state index in [-0.39, 0.29) is 0 Å². The summed E-state index contributed by atoms with van der Waals surface area (Å²) in [6.07, 6.45) is 2.53. The van der Waals surface area contributed by atoms with E-state index in [1.807, 2.05) is 0 Å². The summed E-state index contributed by atoms with van der Waals surface area (Å²) in [5.74, 6) is 0. The number of nitrogens with zero attached hydrogens (tertiary/aromatic N) is 2. The number of nitrogens with one attached hydrogen (secondary N) is 1. The third-order valence-electron chi connectivity index (χ3n) is 4.43. The number of likely N-dealkylation sites (N-methyl/N-ethyl adjacent to an activating group) is 1. The third kappa shape index (κ3) is 3.67. The molecule has 0 saturated carbocycles. The van der Waals surface area contributed by atoms with Crippen molar-refractivity contribution in [3.63, 3.8) is 0 Å². The van der Waals surface area contributed by atoms with Crippen molar-refractivity contribution in [1.29, 1.82) is 0 Å². The first-order valence-electron chi connectivity index (χ1n) is 7.45. The van der Waals surface area contributed by atoms with E-state index in [1.54, 1.807) is 0 Å². The summed E-state index contributed by atoms with van der Waals surface area (Å²) < 4.78 is 5.74. The van der Waals surface area contributed by atoms with E-state index < -0.39 is 0 Å². The molecule has 0 radical (unpaired) electrons. The molecule has 4 nitrogen and oxygen atoms in total. The average Bonchev–Trinajstić information content (AvgIpc) is 2.41. The molecule has 0 aliphatic carbocycles. The maximum atomic E-state index is 5.74. The quantitative estimate of drug-likeness (QED) is 0.780. The van der Waals surface area contributed by atoms with Crippen LogP contribution in [-0.2, 0) is 4.74 Å². The molecule has 0 aromatic carbocycles. The lowest BCUT2D eigenvalue weighted by atomic mass is 9.81. The molecular formula is C14H29N3O. The van der Waals surface area contributed by atoms with E-state index in [4.69, 9.17) is 4.74 Å². The zero-order chi connectivity index (χ0) is 12.8. The van der Waals surface area contributed by atoms with Crippen molar-refractivity contribution >= 4 is 0 Å². The minimum absolute atomic E-state index is 0.349. The van der Waals surface area contributed by atoms with Crippen LogP contribution in [0.3, 0.4) is 0 Å². The molecule has 0 aromatic rings. The fraction of sp³-hybridized carbons (Fsp3) is 1.00. The van der Waals surface area contributed by atoms with Crippen LogP contribution in [0.2, 0.25) is 0 Å². The van der Waals surface area contributed by atoms with Crippen molar-refractivity contribution in [2.75, 3.05) is 66.1 Å². The van der Waals surface area contributed by atoms with Gasteiger partial charge in [-0.2, -0.15) is 0 Å². The third-order valence-corrected chi connectivity index (χ3v) is 4.43. The minimum Gasteiger partial charge on any atom is -0.381 e. The number of hydrogen-bond acceptors (Lipinski definition) is 4. The minimum atomic E-state index is 0.349. The van der Waals surface area contributed by atoms with E-state index in [1.165, 1.54) is 52.1 Å². The lowest BCUT2D eigenvalue weighted by Gasteiger charge is -2.43. The number of ether oxygens (including phenoxy) is 1. The maximum absolute atomic E-state index is 5.74. The van der Waals surface area contributed by atoms with Gasteiger partial charge in [-0.25, -0.2) is 0 Å². The second-order valence-corrected chi connectivity index (χ2v) is 5.90. The van der Waals surface area contributed by atoms with Crippen molar-refractivity contribution < 1.29 is 4.74 Å². The molecule has 2 aliphatic rings. The fourth-order valence-corrected chi connectivity index (χ4v) is 3.34. The number of hydrogen-bond donors (Lipinski definition) is 1. The first-order valence-corrected chi connectivity index (χ1v) is 7.45. The van der Waals surface area contributed by atoms with Gasteiger partial charge >= 0.3 is 0 Å². The zero-order valence-corrected chi connectivity index (χ0v) is 12.1. The lowest BCUT2D eigenvalue weighted by molar-refractivity contribution is -0.0317. The van der Waals surface area contributed by atoms with Gasteiger partial charge in [0.1, 0.15) is 0 Å². The molecular weight excluding hydrogens is 226 g/mol. The molecule has 18 heavy (non-hydrogen) atoms. The Balaban J connectivity index is 1.85. The van der Waals surface area contributed by atoms with E-state index >= 15 is 0 Å². The molecule has 0 bridgehead atoms. The predicted molar refractivity (Wildman–Crippen MR) is 75.0 cm³/mol. The Morgan fingerprint density at radius 3 is 2.44 bits per heavy atom. The molecule has 2 aliphatic heterocycles. The van der Waals surface area contributed by atoms with E-state index in [0.717, 1.165) is 19.8 Å². The van der Waals surface area contributed by atoms with E-state index in [9.17, 15) is 0 Å². The van der Waals surface area contributed by atoms with E-state index in [2.05, 4.69) is 29.1 Å². The normalized spacial score (nSPS) is 31.7. The van der Waals surface area contributed by atoms with Gasteiger partial charge in [-0.15, -0.1) is 0 Å². The highest BCUT2D eigenvalue weighted by molar-refractivity contribution is 4.88. The SMILES string of the molecule is CCN1CCN(CC2(CNC)CCCOC2)CC1. The topological polar surface area (TPSA) is 27.7 Å². The molecule has 1 unspecified atom stereocenters. The smallest absolute Gasteiger partial charge is 0.0546 e. The van der Waals surface area contributed by atoms with Crippen LogP contribution in [-0.4, -0.2) is 75.9 Å². The van der Waals surface area contributed by atoms with Crippen molar-refractivity contribution in [3.8, 4) is 0 Å². The Bertz CT molecular complexity index is 228. The highest BCUT2D eigenvalue weighted by Crippen LogP contribution is 2.29. The summed E-state index contributed by atoms with van der Waals surface area (Å²) in [4.78, 5) is 5.18. The van der Waals surface area contributed by atoms with Crippen LogP contribution in [0.25, 0.3) is 0 Å². The number of piperazine rings is 1. The maximum Gasteiger partial charge on any atom is 0.0546 e. The van der Waals surface area contributed by atoms with Crippen molar-refractivity contribution in [3.05, 3.63) is 0 Å². The summed E-state index contributed by atoms with van der Waals surface area (Å²) in [5.41, 5.74) is 0.349. The van der Waals surface area contributed by atoms with Crippen molar-refractivity contribution in [2.45, 2.75) is 19.8 Å². The molecule has 4 heteroatoms. The van der Waals surface area contributed by atoms with Gasteiger partial charge in [0.05, 0.1) is 6.61 Å². The van der Waals surface area contributed by atoms with Crippen LogP contribution in [0.4, 0.5) is 0 Å². The summed E-state index contributed by atoms with van der Waals surface area (Å²) in [6.45, 7) is 12.5. The average molecular weight is 255 g/mol. The standard InChI is InChI=1S/C14H29N3O/c1-3-16-6-8-17(9-7-16)12-14(11-15-2)5-4-10-18-13-14/h15H,3-13H2,1-2H3. The molecule has 1 N–H and O–H groups in total. The van der Waals surface area contributed by atoms with Gasteiger partial charge in [0.2, 0.25) is 0 Å². The molecule has 2 rings (SSSR count). The summed E-state index contributed by atoms with van der Waals surface area (Å²) in [6, 6.07) is 0. The van der Waals surface area contributed by atoms with Crippen LogP contribution in [0.1, 0.15) is 19.8 Å². The van der Waals surface area contributed by atoms with Crippen LogP contribution < -0.4 is 5.32 Å². The van der Waals surface area contributed by atoms with Gasteiger partial charge in [0, 0.05) is 51.3 Å². The van der Waals surface area contributed by atoms with Gasteiger partial charge in [-0.1, -0.05) is 6.92 Å². The van der Waals surface area contributed by atoms with Crippen molar-refractivity contribution in [2.24, 2.45) is 5.41 Å². The molecule has 2 fully saturated rings. The van der Waals surface area contributed by atoms with Gasteiger partial charge in [-0.3, -0.25) is 0 Å². The molecule has 0 spiro atoms. The zero-order valence-electron chi connectivity index (χ0n) is 12.1. The highest BCUT2D eigenvalue weighted by Gasteiger charge is 2.34. The number of rotatable bonds is 5. The van der Waals surface area contributed by atoms with Crippen LogP contribution in [0.5, 0.6) is 0 Å². The fourth-order valence-electron chi connectivity index (χ4n) is 3.34. The van der Waals surface area contributed by atoms with Gasteiger partial charge < -0.3 is 19.9 Å². The van der Waals surface area contributed by atoms with Crippen LogP contribution >= 0.6 is 0 Å². The summed E-state index contributed by atoms with van der Waals surface area (Å²) in [5, 5.41) is 3.37. The molecule has 2 heterocycles. The Hall–Kier alpha value is -0.160. The molecule has 106 valence electrons. The van der Waals surface area contributed by atoms with Gasteiger partial charge in [0.25, 0.3) is 0 Å². The molecule has 0 amide bonds. The lowest BCUT2D eigenvalue weighted by Crippen LogP contribution is -2.53. The predicted octanol–water partition coefficient (Wildman–Crippen LogP) is 0.640. The molecule has 0 aromatic heterocycles. The van der Waals surface area contributed by atoms with Crippen molar-refractivity contribution in [1.82, 2.24) is 15.1 Å². The van der Waals surface area contributed by atoms with Gasteiger partial charge in [0.15, 0.2) is 0 Å². The van der Waals surface area contributed by atoms with Crippen LogP contribution in [0.15, 0.2) is 0 Å². The Labute approximate surface area is 112 Å². The molecule has 1 atom stereocenters. The first-order chi connectivity index (χ1) is 8.78. The summed E-state index contributed by atoms with van der Waals surface area (Å²) in [7, 11) is 2.06. The monoisotopic (exact) mass is 255 g/mol. The van der Waals surface area contributed by atoms with Crippen LogP contribution in [0, 0.1) is 5.41 Å². The van der Waals surface area contributed by atoms with Gasteiger partial charge in [-0.05, 0) is 26.4 Å². The first kappa shape index (κ1) is 14.3. The molecule has 2 saturated heterocycles. The largest absolute Gasteiger partial charge is 0.381 e. The summed E-state index contributed by atoms with van der Waals surface area (Å²) >= 11 is 0. The second kappa shape index (κ2) is 6.85. The van der Waals surface area contributed by atoms with E-state index in [0.29, 0.717) is 5.41 Å².